The van der Waals surface area contributed by atoms with Gasteiger partial charge in [0.05, 0.1) is 32.3 Å². The molecule has 1 unspecified atom stereocenters. The van der Waals surface area contributed by atoms with E-state index >= 15 is 0 Å². The Morgan fingerprint density at radius 2 is 1.23 bits per heavy atom. The molecular formula is C44H72N4O14. The second kappa shape index (κ2) is 23.2. The van der Waals surface area contributed by atoms with Crippen LogP contribution in [0.1, 0.15) is 111 Å². The number of carboxylic acid groups (broad SMARTS) is 6. The first-order valence-corrected chi connectivity index (χ1v) is 22.6. The van der Waals surface area contributed by atoms with E-state index in [9.17, 15) is 64.2 Å². The average molecular weight is 881 g/mol. The van der Waals surface area contributed by atoms with Crippen molar-refractivity contribution in [3.05, 3.63) is 0 Å². The molecule has 4 saturated carbocycles. The van der Waals surface area contributed by atoms with E-state index in [1.165, 1.54) is 37.0 Å². The smallest absolute Gasteiger partial charge is 0.320 e. The van der Waals surface area contributed by atoms with E-state index in [1.807, 2.05) is 0 Å². The molecule has 7 N–H and O–H groups in total. The minimum atomic E-state index is -1.27. The van der Waals surface area contributed by atoms with Crippen LogP contribution < -0.4 is 5.32 Å². The molecule has 1 amide bonds. The minimum absolute atomic E-state index is 0.00123. The van der Waals surface area contributed by atoms with Crippen LogP contribution in [0.25, 0.3) is 0 Å². The largest absolute Gasteiger partial charge is 0.481 e. The van der Waals surface area contributed by atoms with Crippen LogP contribution in [0.5, 0.6) is 0 Å². The zero-order valence-electron chi connectivity index (χ0n) is 36.9. The van der Waals surface area contributed by atoms with Gasteiger partial charge in [-0.05, 0) is 130 Å². The summed E-state index contributed by atoms with van der Waals surface area (Å²) in [5, 5.41) is 59.4. The molecule has 0 heterocycles. The monoisotopic (exact) mass is 881 g/mol. The molecule has 10 atom stereocenters. The number of ether oxygens (including phenoxy) is 1. The Labute approximate surface area is 364 Å². The van der Waals surface area contributed by atoms with E-state index < -0.39 is 68.0 Å². The molecule has 4 aliphatic rings. The minimum Gasteiger partial charge on any atom is -0.481 e. The summed E-state index contributed by atoms with van der Waals surface area (Å²) >= 11 is 0. The third-order valence-electron chi connectivity index (χ3n) is 15.4. The van der Waals surface area contributed by atoms with Crippen molar-refractivity contribution >= 4 is 41.7 Å². The lowest BCUT2D eigenvalue weighted by molar-refractivity contribution is -0.146. The van der Waals surface area contributed by atoms with E-state index in [4.69, 9.17) is 4.74 Å². The molecule has 18 heteroatoms. The van der Waals surface area contributed by atoms with Crippen molar-refractivity contribution in [3.63, 3.8) is 0 Å². The number of amides is 1. The van der Waals surface area contributed by atoms with Crippen LogP contribution in [0.4, 0.5) is 0 Å². The van der Waals surface area contributed by atoms with Crippen molar-refractivity contribution in [2.75, 3.05) is 65.5 Å². The van der Waals surface area contributed by atoms with Crippen LogP contribution in [0.2, 0.25) is 0 Å². The summed E-state index contributed by atoms with van der Waals surface area (Å²) in [6.07, 6.45) is 12.1. The highest BCUT2D eigenvalue weighted by Crippen LogP contribution is 2.68. The number of hydrogen-bond acceptors (Lipinski definition) is 11. The fourth-order valence-corrected chi connectivity index (χ4v) is 12.5. The maximum atomic E-state index is 12.9. The molecule has 0 bridgehead atoms. The van der Waals surface area contributed by atoms with Gasteiger partial charge in [0.2, 0.25) is 5.91 Å². The first-order chi connectivity index (χ1) is 29.2. The van der Waals surface area contributed by atoms with E-state index in [0.29, 0.717) is 48.3 Å². The van der Waals surface area contributed by atoms with Crippen molar-refractivity contribution in [2.24, 2.45) is 46.3 Å². The van der Waals surface area contributed by atoms with Gasteiger partial charge in [0.1, 0.15) is 12.6 Å². The van der Waals surface area contributed by atoms with Gasteiger partial charge in [-0.25, -0.2) is 0 Å². The summed E-state index contributed by atoms with van der Waals surface area (Å²) in [4.78, 5) is 85.8. The Bertz CT molecular complexity index is 1510. The van der Waals surface area contributed by atoms with Gasteiger partial charge in [0.15, 0.2) is 0 Å². The topological polar surface area (TPSA) is 272 Å². The molecule has 0 saturated heterocycles. The van der Waals surface area contributed by atoms with Gasteiger partial charge in [-0.3, -0.25) is 48.3 Å². The van der Waals surface area contributed by atoms with E-state index in [0.717, 1.165) is 41.9 Å². The van der Waals surface area contributed by atoms with Gasteiger partial charge in [0, 0.05) is 39.1 Å². The Kier molecular flexibility index (Phi) is 19.0. The van der Waals surface area contributed by atoms with Crippen molar-refractivity contribution in [1.82, 2.24) is 20.0 Å². The predicted octanol–water partition coefficient (Wildman–Crippen LogP) is 3.52. The highest BCUT2D eigenvalue weighted by atomic mass is 16.5. The number of nitrogens with zero attached hydrogens (tertiary/aromatic N) is 3. The number of carboxylic acids is 6. The molecule has 0 aromatic carbocycles. The standard InChI is InChI=1S/C44H72N4O14/c1-28(7-12-37(50)51)32-10-11-33-31-9-8-29-22-30(13-15-43(29,2)34(31)14-16-44(32,33)3)62-27-36(49)45-17-5-4-6-35(42(60)61)48(20-18-46(23-38(52)53)24-39(54)55)21-19-47(25-40(56)57)26-41(58)59/h28-35H,4-27H2,1-3H3,(H,45,49)(H,50,51)(H,52,53)(H,54,55)(H,56,57)(H,58,59)(H,60,61)/t28-,29-,30-,31+,32-,33+,34+,35?,43+,44-/m1/s1. The average Bonchev–Trinajstić information content (AvgIpc) is 3.54. The number of fused-ring (bicyclic) bond motifs is 5. The Balaban J connectivity index is 1.24. The summed E-state index contributed by atoms with van der Waals surface area (Å²) in [6.45, 7) is 4.63. The lowest BCUT2D eigenvalue weighted by Crippen LogP contribution is -2.54. The molecule has 0 radical (unpaired) electrons. The second-order valence-electron chi connectivity index (χ2n) is 19.2. The third-order valence-corrected chi connectivity index (χ3v) is 15.4. The first-order valence-electron chi connectivity index (χ1n) is 22.6. The fraction of sp³-hybridized carbons (Fsp3) is 0.841. The molecule has 0 aromatic heterocycles. The molecule has 62 heavy (non-hydrogen) atoms. The number of carbonyl (C=O) groups excluding carboxylic acids is 1. The quantitative estimate of drug-likeness (QED) is 0.0554. The van der Waals surface area contributed by atoms with Gasteiger partial charge >= 0.3 is 35.8 Å². The second-order valence-corrected chi connectivity index (χ2v) is 19.2. The van der Waals surface area contributed by atoms with Gasteiger partial charge in [-0.15, -0.1) is 0 Å². The van der Waals surface area contributed by atoms with Crippen LogP contribution in [-0.4, -0.2) is 165 Å². The van der Waals surface area contributed by atoms with Crippen LogP contribution in [-0.2, 0) is 38.3 Å². The Morgan fingerprint density at radius 3 is 1.77 bits per heavy atom. The SMILES string of the molecule is C[C@H](CCC(=O)O)[C@H]1CC[C@H]2[C@@H]3CC[C@@H]4C[C@H](OCC(=O)NCCCCC(C(=O)O)N(CCN(CC(=O)O)CC(=O)O)CCN(CC(=O)O)CC(=O)O)CC[C@]4(C)[C@H]3CC[C@]12C. The summed E-state index contributed by atoms with van der Waals surface area (Å²) in [5.74, 6) is -3.64. The van der Waals surface area contributed by atoms with Crippen molar-refractivity contribution in [3.8, 4) is 0 Å². The molecular weight excluding hydrogens is 808 g/mol. The highest BCUT2D eigenvalue weighted by molar-refractivity contribution is 5.77. The zero-order chi connectivity index (χ0) is 45.8. The molecule has 18 nitrogen and oxygen atoms in total. The van der Waals surface area contributed by atoms with Gasteiger partial charge in [-0.1, -0.05) is 20.8 Å². The van der Waals surface area contributed by atoms with Gasteiger partial charge in [0.25, 0.3) is 0 Å². The van der Waals surface area contributed by atoms with Crippen LogP contribution in [0, 0.1) is 46.3 Å². The number of nitrogens with one attached hydrogen (secondary N) is 1. The molecule has 0 aromatic rings. The molecule has 4 rings (SSSR count). The normalized spacial score (nSPS) is 29.0. The highest BCUT2D eigenvalue weighted by Gasteiger charge is 2.60. The number of rotatable bonds is 28. The lowest BCUT2D eigenvalue weighted by atomic mass is 9.44. The predicted molar refractivity (Wildman–Crippen MR) is 224 cm³/mol. The van der Waals surface area contributed by atoms with E-state index in [2.05, 4.69) is 26.1 Å². The zero-order valence-corrected chi connectivity index (χ0v) is 36.9. The Morgan fingerprint density at radius 1 is 0.661 bits per heavy atom. The summed E-state index contributed by atoms with van der Waals surface area (Å²) in [6, 6.07) is -1.14. The Hall–Kier alpha value is -3.87. The van der Waals surface area contributed by atoms with Crippen LogP contribution in [0.3, 0.4) is 0 Å². The maximum Gasteiger partial charge on any atom is 0.320 e. The van der Waals surface area contributed by atoms with E-state index in [-0.39, 0.29) is 75.0 Å². The maximum absolute atomic E-state index is 12.9. The lowest BCUT2D eigenvalue weighted by Gasteiger charge is -2.61. The van der Waals surface area contributed by atoms with Gasteiger partial charge in [-0.2, -0.15) is 0 Å². The first kappa shape index (κ1) is 50.8. The van der Waals surface area contributed by atoms with Crippen LogP contribution >= 0.6 is 0 Å². The number of unbranched alkanes of at least 4 members (excludes halogenated alkanes) is 1. The summed E-state index contributed by atoms with van der Waals surface area (Å²) < 4.78 is 6.19. The van der Waals surface area contributed by atoms with Crippen molar-refractivity contribution < 1.29 is 68.9 Å². The fourth-order valence-electron chi connectivity index (χ4n) is 12.5. The molecule has 4 fully saturated rings. The van der Waals surface area contributed by atoms with Gasteiger partial charge < -0.3 is 40.7 Å². The molecule has 0 aliphatic heterocycles. The summed E-state index contributed by atoms with van der Waals surface area (Å²) in [7, 11) is 0. The van der Waals surface area contributed by atoms with E-state index in [1.54, 1.807) is 0 Å². The molecule has 352 valence electrons. The number of carbonyl (C=O) groups is 7. The number of hydrogen-bond donors (Lipinski definition) is 7. The van der Waals surface area contributed by atoms with Crippen molar-refractivity contribution in [1.29, 1.82) is 0 Å². The molecule has 0 spiro atoms. The van der Waals surface area contributed by atoms with Crippen LogP contribution in [0.15, 0.2) is 0 Å². The molecule has 4 aliphatic carbocycles. The van der Waals surface area contributed by atoms with Crippen molar-refractivity contribution in [2.45, 2.75) is 123 Å². The number of aliphatic carboxylic acids is 6. The summed E-state index contributed by atoms with van der Waals surface area (Å²) in [5.41, 5.74) is 0.527. The third kappa shape index (κ3) is 14.1.